The zero-order valence-corrected chi connectivity index (χ0v) is 9.78. The van der Waals surface area contributed by atoms with E-state index in [2.05, 4.69) is 0 Å². The number of nitrogens with one attached hydrogen (secondary N) is 1. The number of carbonyl (C=O) groups is 2. The summed E-state index contributed by atoms with van der Waals surface area (Å²) in [6.07, 6.45) is 0. The first-order valence-electron chi connectivity index (χ1n) is 4.95. The molecule has 1 saturated heterocycles. The summed E-state index contributed by atoms with van der Waals surface area (Å²) in [5.74, 6) is -5.69. The number of carbonyl (C=O) groups excluding carboxylic acids is 2. The molecule has 0 saturated carbocycles. The van der Waals surface area contributed by atoms with E-state index in [4.69, 9.17) is 11.6 Å². The number of imide groups is 1. The number of rotatable bonds is 2. The summed E-state index contributed by atoms with van der Waals surface area (Å²) in [7, 11) is 0. The molecule has 1 fully saturated rings. The smallest absolute Gasteiger partial charge is 0.295 e. The molecule has 19 heavy (non-hydrogen) atoms. The third kappa shape index (κ3) is 2.14. The number of hydrogen-bond donors (Lipinski definition) is 1. The van der Waals surface area contributed by atoms with Crippen LogP contribution >= 0.6 is 11.6 Å². The van der Waals surface area contributed by atoms with Crippen LogP contribution in [0.5, 0.6) is 0 Å². The highest BCUT2D eigenvalue weighted by atomic mass is 35.5. The molecule has 1 aliphatic heterocycles. The van der Waals surface area contributed by atoms with Gasteiger partial charge in [-0.25, -0.2) is 4.39 Å². The Bertz CT molecular complexity index is 607. The van der Waals surface area contributed by atoms with Gasteiger partial charge in [-0.1, -0.05) is 0 Å². The van der Waals surface area contributed by atoms with E-state index in [9.17, 15) is 28.5 Å². The van der Waals surface area contributed by atoms with Gasteiger partial charge in [-0.15, -0.1) is 11.6 Å². The molecule has 0 spiro atoms. The first-order chi connectivity index (χ1) is 8.82. The number of hydrogen-bond acceptors (Lipinski definition) is 4. The lowest BCUT2D eigenvalue weighted by Crippen LogP contribution is -2.22. The SMILES string of the molecule is O=C1NC(=O)C(c2cc([N+](=O)[O-])c(F)cc2F)C1Cl. The maximum absolute atomic E-state index is 13.6. The Kier molecular flexibility index (Phi) is 3.19. The van der Waals surface area contributed by atoms with Gasteiger partial charge >= 0.3 is 5.69 Å². The van der Waals surface area contributed by atoms with Crippen LogP contribution in [0.15, 0.2) is 12.1 Å². The minimum atomic E-state index is -1.42. The third-order valence-electron chi connectivity index (χ3n) is 2.67. The van der Waals surface area contributed by atoms with Crippen LogP contribution in [0.4, 0.5) is 14.5 Å². The van der Waals surface area contributed by atoms with Crippen molar-refractivity contribution in [3.05, 3.63) is 39.4 Å². The van der Waals surface area contributed by atoms with Crippen molar-refractivity contribution >= 4 is 29.1 Å². The predicted molar refractivity (Wildman–Crippen MR) is 58.5 cm³/mol. The number of nitrogens with zero attached hydrogens (tertiary/aromatic N) is 1. The summed E-state index contributed by atoms with van der Waals surface area (Å²) in [6.45, 7) is 0. The van der Waals surface area contributed by atoms with E-state index in [0.717, 1.165) is 0 Å². The molecule has 1 aliphatic rings. The molecule has 9 heteroatoms. The molecule has 0 aliphatic carbocycles. The number of halogens is 3. The Labute approximate surface area is 109 Å². The van der Waals surface area contributed by atoms with Crippen LogP contribution in [0.1, 0.15) is 11.5 Å². The van der Waals surface area contributed by atoms with E-state index >= 15 is 0 Å². The first kappa shape index (κ1) is 13.3. The Morgan fingerprint density at radius 3 is 2.32 bits per heavy atom. The van der Waals surface area contributed by atoms with E-state index in [1.54, 1.807) is 0 Å². The standard InChI is InChI=1S/C10H5ClF2N2O4/c11-8-7(9(16)14-10(8)17)3-1-6(15(18)19)5(13)2-4(3)12/h1-2,7-8H,(H,14,16,17). The maximum Gasteiger partial charge on any atom is 0.305 e. The summed E-state index contributed by atoms with van der Waals surface area (Å²) < 4.78 is 26.8. The summed E-state index contributed by atoms with van der Waals surface area (Å²) >= 11 is 5.64. The molecule has 2 rings (SSSR count). The average Bonchev–Trinajstić information content (AvgIpc) is 2.54. The van der Waals surface area contributed by atoms with E-state index in [1.165, 1.54) is 0 Å². The normalized spacial score (nSPS) is 22.5. The molecule has 2 unspecified atom stereocenters. The highest BCUT2D eigenvalue weighted by Crippen LogP contribution is 2.33. The minimum Gasteiger partial charge on any atom is -0.295 e. The van der Waals surface area contributed by atoms with Crippen molar-refractivity contribution in [1.82, 2.24) is 5.32 Å². The van der Waals surface area contributed by atoms with Crippen LogP contribution in [0.2, 0.25) is 0 Å². The van der Waals surface area contributed by atoms with Crippen LogP contribution in [-0.2, 0) is 9.59 Å². The molecular formula is C10H5ClF2N2O4. The number of amides is 2. The van der Waals surface area contributed by atoms with Gasteiger partial charge in [0.1, 0.15) is 11.2 Å². The zero-order valence-electron chi connectivity index (χ0n) is 9.02. The highest BCUT2D eigenvalue weighted by molar-refractivity contribution is 6.37. The molecule has 0 radical (unpaired) electrons. The molecule has 2 amide bonds. The number of nitro benzene ring substituents is 1. The molecule has 6 nitrogen and oxygen atoms in total. The lowest BCUT2D eigenvalue weighted by molar-refractivity contribution is -0.387. The first-order valence-corrected chi connectivity index (χ1v) is 5.38. The maximum atomic E-state index is 13.6. The summed E-state index contributed by atoms with van der Waals surface area (Å²) in [6, 6.07) is 0.857. The fraction of sp³-hybridized carbons (Fsp3) is 0.200. The van der Waals surface area contributed by atoms with E-state index < -0.39 is 50.9 Å². The van der Waals surface area contributed by atoms with Crippen molar-refractivity contribution in [3.8, 4) is 0 Å². The van der Waals surface area contributed by atoms with Gasteiger partial charge in [-0.3, -0.25) is 25.0 Å². The lowest BCUT2D eigenvalue weighted by atomic mass is 9.96. The van der Waals surface area contributed by atoms with Gasteiger partial charge < -0.3 is 0 Å². The molecule has 100 valence electrons. The third-order valence-corrected chi connectivity index (χ3v) is 3.12. The van der Waals surface area contributed by atoms with Crippen LogP contribution < -0.4 is 5.32 Å². The quantitative estimate of drug-likeness (QED) is 0.384. The van der Waals surface area contributed by atoms with Crippen LogP contribution in [0, 0.1) is 21.7 Å². The van der Waals surface area contributed by atoms with Gasteiger partial charge in [-0.2, -0.15) is 4.39 Å². The second kappa shape index (κ2) is 4.54. The second-order valence-corrected chi connectivity index (χ2v) is 4.29. The van der Waals surface area contributed by atoms with E-state index in [1.807, 2.05) is 5.32 Å². The van der Waals surface area contributed by atoms with Gasteiger partial charge in [0.15, 0.2) is 0 Å². The van der Waals surface area contributed by atoms with Gasteiger partial charge in [0, 0.05) is 17.7 Å². The van der Waals surface area contributed by atoms with Crippen LogP contribution in [-0.4, -0.2) is 22.1 Å². The summed E-state index contributed by atoms with van der Waals surface area (Å²) in [5, 5.41) is 11.0. The Morgan fingerprint density at radius 2 is 1.84 bits per heavy atom. The molecule has 2 atom stereocenters. The van der Waals surface area contributed by atoms with Gasteiger partial charge in [0.2, 0.25) is 17.6 Å². The van der Waals surface area contributed by atoms with Gasteiger partial charge in [0.05, 0.1) is 10.8 Å². The van der Waals surface area contributed by atoms with Crippen molar-refractivity contribution < 1.29 is 23.3 Å². The van der Waals surface area contributed by atoms with Gasteiger partial charge in [0.25, 0.3) is 0 Å². The van der Waals surface area contributed by atoms with Crippen molar-refractivity contribution in [2.45, 2.75) is 11.3 Å². The number of nitro groups is 1. The summed E-state index contributed by atoms with van der Waals surface area (Å²) in [5.41, 5.74) is -1.48. The number of benzene rings is 1. The molecule has 0 bridgehead atoms. The van der Waals surface area contributed by atoms with E-state index in [0.29, 0.717) is 6.07 Å². The van der Waals surface area contributed by atoms with E-state index in [-0.39, 0.29) is 6.07 Å². The zero-order chi connectivity index (χ0) is 14.3. The van der Waals surface area contributed by atoms with Crippen molar-refractivity contribution in [1.29, 1.82) is 0 Å². The van der Waals surface area contributed by atoms with Crippen molar-refractivity contribution in [3.63, 3.8) is 0 Å². The fourth-order valence-corrected chi connectivity index (χ4v) is 2.09. The second-order valence-electron chi connectivity index (χ2n) is 3.82. The van der Waals surface area contributed by atoms with Crippen molar-refractivity contribution in [2.24, 2.45) is 0 Å². The average molecular weight is 291 g/mol. The minimum absolute atomic E-state index is 0.285. The predicted octanol–water partition coefficient (Wildman–Crippen LogP) is 1.22. The molecule has 1 heterocycles. The molecule has 1 aromatic rings. The molecular weight excluding hydrogens is 286 g/mol. The van der Waals surface area contributed by atoms with Crippen molar-refractivity contribution in [2.75, 3.05) is 0 Å². The lowest BCUT2D eigenvalue weighted by Gasteiger charge is -2.11. The largest absolute Gasteiger partial charge is 0.305 e. The van der Waals surface area contributed by atoms with Gasteiger partial charge in [-0.05, 0) is 0 Å². The number of alkyl halides is 1. The Balaban J connectivity index is 2.57. The Morgan fingerprint density at radius 1 is 1.21 bits per heavy atom. The van der Waals surface area contributed by atoms with Crippen LogP contribution in [0.25, 0.3) is 0 Å². The summed E-state index contributed by atoms with van der Waals surface area (Å²) in [4.78, 5) is 32.1. The fourth-order valence-electron chi connectivity index (χ4n) is 1.78. The Hall–Kier alpha value is -2.09. The molecule has 0 aromatic heterocycles. The molecule has 1 N–H and O–H groups in total. The monoisotopic (exact) mass is 290 g/mol. The van der Waals surface area contributed by atoms with Crippen LogP contribution in [0.3, 0.4) is 0 Å². The topological polar surface area (TPSA) is 89.3 Å². The molecule has 1 aromatic carbocycles. The highest BCUT2D eigenvalue weighted by Gasteiger charge is 2.43.